The van der Waals surface area contributed by atoms with Gasteiger partial charge in [-0.05, 0) is 54.7 Å². The number of benzene rings is 1. The van der Waals surface area contributed by atoms with Gasteiger partial charge < -0.3 is 24.2 Å². The predicted octanol–water partition coefficient (Wildman–Crippen LogP) is 2.59. The Bertz CT molecular complexity index is 800. The van der Waals surface area contributed by atoms with Gasteiger partial charge in [-0.15, -0.1) is 11.8 Å². The molecule has 1 aromatic carbocycles. The molecule has 30 heavy (non-hydrogen) atoms. The number of aliphatic hydroxyl groups excluding tert-OH is 1. The zero-order valence-electron chi connectivity index (χ0n) is 18.1. The third kappa shape index (κ3) is 3.54. The van der Waals surface area contributed by atoms with Gasteiger partial charge in [0.15, 0.2) is 11.5 Å². The van der Waals surface area contributed by atoms with Crippen LogP contribution in [-0.4, -0.2) is 67.4 Å². The van der Waals surface area contributed by atoms with E-state index >= 15 is 0 Å². The SMILES string of the molecule is CCS[C@@H]1C(=O)N2CCc3cc(OC)c(OC)cc3[C@@H]2[C@]1(CCCCO)C(=O)OC. The van der Waals surface area contributed by atoms with Gasteiger partial charge in [-0.2, -0.15) is 0 Å². The highest BCUT2D eigenvalue weighted by molar-refractivity contribution is 8.00. The lowest BCUT2D eigenvalue weighted by Crippen LogP contribution is -2.45. The molecule has 3 rings (SSSR count). The van der Waals surface area contributed by atoms with Gasteiger partial charge >= 0.3 is 5.97 Å². The molecule has 0 aliphatic carbocycles. The first kappa shape index (κ1) is 22.7. The summed E-state index contributed by atoms with van der Waals surface area (Å²) in [6.45, 7) is 2.59. The van der Waals surface area contributed by atoms with Crippen LogP contribution in [0.5, 0.6) is 11.5 Å². The topological polar surface area (TPSA) is 85.3 Å². The fourth-order valence-corrected chi connectivity index (χ4v) is 6.20. The molecule has 3 atom stereocenters. The van der Waals surface area contributed by atoms with Crippen molar-refractivity contribution in [3.8, 4) is 11.5 Å². The maximum atomic E-state index is 13.5. The van der Waals surface area contributed by atoms with E-state index in [9.17, 15) is 14.7 Å². The number of ether oxygens (including phenoxy) is 3. The van der Waals surface area contributed by atoms with E-state index in [-0.39, 0.29) is 18.5 Å². The van der Waals surface area contributed by atoms with E-state index in [1.165, 1.54) is 18.9 Å². The maximum absolute atomic E-state index is 13.5. The number of nitrogens with zero attached hydrogens (tertiary/aromatic N) is 1. The van der Waals surface area contributed by atoms with Gasteiger partial charge in [0.05, 0.1) is 27.4 Å². The number of carbonyl (C=O) groups is 2. The van der Waals surface area contributed by atoms with E-state index in [1.54, 1.807) is 14.2 Å². The molecule has 2 aliphatic rings. The Morgan fingerprint density at radius 2 is 1.93 bits per heavy atom. The summed E-state index contributed by atoms with van der Waals surface area (Å²) < 4.78 is 16.3. The molecule has 7 nitrogen and oxygen atoms in total. The lowest BCUT2D eigenvalue weighted by Gasteiger charge is -2.41. The molecule has 0 radical (unpaired) electrons. The molecule has 166 valence electrons. The second-order valence-corrected chi connectivity index (χ2v) is 9.02. The van der Waals surface area contributed by atoms with Crippen LogP contribution >= 0.6 is 11.8 Å². The summed E-state index contributed by atoms with van der Waals surface area (Å²) in [5, 5.41) is 8.81. The Morgan fingerprint density at radius 3 is 2.53 bits per heavy atom. The maximum Gasteiger partial charge on any atom is 0.315 e. The number of thioether (sulfide) groups is 1. The molecule has 1 N–H and O–H groups in total. The Balaban J connectivity index is 2.21. The summed E-state index contributed by atoms with van der Waals surface area (Å²) in [5.41, 5.74) is 0.955. The number of fused-ring (bicyclic) bond motifs is 3. The van der Waals surface area contributed by atoms with Crippen LogP contribution in [0.15, 0.2) is 12.1 Å². The van der Waals surface area contributed by atoms with Crippen LogP contribution in [-0.2, 0) is 20.7 Å². The van der Waals surface area contributed by atoms with Crippen LogP contribution in [0.3, 0.4) is 0 Å². The summed E-state index contributed by atoms with van der Waals surface area (Å²) in [6, 6.07) is 3.43. The zero-order chi connectivity index (χ0) is 21.9. The minimum atomic E-state index is -1.02. The van der Waals surface area contributed by atoms with Gasteiger partial charge in [0, 0.05) is 13.2 Å². The first-order chi connectivity index (χ1) is 14.5. The Kier molecular flexibility index (Phi) is 7.18. The van der Waals surface area contributed by atoms with Crippen LogP contribution in [0.1, 0.15) is 43.4 Å². The van der Waals surface area contributed by atoms with Crippen molar-refractivity contribution in [2.24, 2.45) is 5.41 Å². The van der Waals surface area contributed by atoms with Crippen molar-refractivity contribution < 1.29 is 28.9 Å². The van der Waals surface area contributed by atoms with Crippen molar-refractivity contribution in [2.75, 3.05) is 40.2 Å². The van der Waals surface area contributed by atoms with E-state index in [0.717, 1.165) is 11.1 Å². The number of unbranched alkanes of at least 4 members (excludes halogenated alkanes) is 1. The van der Waals surface area contributed by atoms with Gasteiger partial charge in [0.1, 0.15) is 10.7 Å². The summed E-state index contributed by atoms with van der Waals surface area (Å²) in [6.07, 6.45) is 2.36. The smallest absolute Gasteiger partial charge is 0.315 e. The van der Waals surface area contributed by atoms with Crippen molar-refractivity contribution in [2.45, 2.75) is 43.9 Å². The molecule has 0 saturated carbocycles. The first-order valence-corrected chi connectivity index (χ1v) is 11.4. The fraction of sp³-hybridized carbons (Fsp3) is 0.636. The summed E-state index contributed by atoms with van der Waals surface area (Å²) in [7, 11) is 4.56. The van der Waals surface area contributed by atoms with Gasteiger partial charge in [-0.3, -0.25) is 9.59 Å². The second kappa shape index (κ2) is 9.47. The third-order valence-corrected chi connectivity index (χ3v) is 7.52. The minimum absolute atomic E-state index is 0.0123. The third-order valence-electron chi connectivity index (χ3n) is 6.23. The number of hydrogen-bond acceptors (Lipinski definition) is 7. The van der Waals surface area contributed by atoms with Crippen LogP contribution in [0.2, 0.25) is 0 Å². The highest BCUT2D eigenvalue weighted by Crippen LogP contribution is 2.58. The lowest BCUT2D eigenvalue weighted by molar-refractivity contribution is -0.155. The van der Waals surface area contributed by atoms with E-state index in [0.29, 0.717) is 49.5 Å². The standard InChI is InChI=1S/C22H31NO6S/c1-5-30-19-20(25)23-10-8-14-12-16(27-2)17(28-3)13-15(14)18(23)22(19,21(26)29-4)9-6-7-11-24/h12-13,18-19,24H,5-11H2,1-4H3/t18-,19-,22+/m1/s1. The van der Waals surface area contributed by atoms with Gasteiger partial charge in [-0.1, -0.05) is 6.92 Å². The Labute approximate surface area is 182 Å². The van der Waals surface area contributed by atoms with Crippen molar-refractivity contribution >= 4 is 23.6 Å². The quantitative estimate of drug-likeness (QED) is 0.469. The molecular formula is C22H31NO6S. The van der Waals surface area contributed by atoms with Gasteiger partial charge in [-0.25, -0.2) is 0 Å². The van der Waals surface area contributed by atoms with E-state index in [2.05, 4.69) is 0 Å². The van der Waals surface area contributed by atoms with Crippen LogP contribution in [0.4, 0.5) is 0 Å². The highest BCUT2D eigenvalue weighted by Gasteiger charge is 2.65. The first-order valence-electron chi connectivity index (χ1n) is 10.4. The van der Waals surface area contributed by atoms with Crippen molar-refractivity contribution in [3.63, 3.8) is 0 Å². The molecule has 1 saturated heterocycles. The predicted molar refractivity (Wildman–Crippen MR) is 115 cm³/mol. The normalized spacial score (nSPS) is 25.0. The Morgan fingerprint density at radius 1 is 1.23 bits per heavy atom. The number of rotatable bonds is 9. The lowest BCUT2D eigenvalue weighted by atomic mass is 9.71. The molecular weight excluding hydrogens is 406 g/mol. The number of carbonyl (C=O) groups excluding carboxylic acids is 2. The van der Waals surface area contributed by atoms with Gasteiger partial charge in [0.25, 0.3) is 0 Å². The molecule has 1 aromatic rings. The summed E-state index contributed by atoms with van der Waals surface area (Å²) in [4.78, 5) is 28.7. The zero-order valence-corrected chi connectivity index (χ0v) is 18.9. The van der Waals surface area contributed by atoms with E-state index in [1.807, 2.05) is 24.0 Å². The molecule has 8 heteroatoms. The fourth-order valence-electron chi connectivity index (χ4n) is 4.95. The number of esters is 1. The monoisotopic (exact) mass is 437 g/mol. The molecule has 0 unspecified atom stereocenters. The minimum Gasteiger partial charge on any atom is -0.493 e. The number of aliphatic hydroxyl groups is 1. The van der Waals surface area contributed by atoms with E-state index < -0.39 is 16.7 Å². The number of hydrogen-bond donors (Lipinski definition) is 1. The molecule has 0 bridgehead atoms. The molecule has 1 fully saturated rings. The largest absolute Gasteiger partial charge is 0.493 e. The van der Waals surface area contributed by atoms with Crippen LogP contribution < -0.4 is 9.47 Å². The van der Waals surface area contributed by atoms with Crippen molar-refractivity contribution in [1.82, 2.24) is 4.90 Å². The van der Waals surface area contributed by atoms with E-state index in [4.69, 9.17) is 14.2 Å². The highest BCUT2D eigenvalue weighted by atomic mass is 32.2. The van der Waals surface area contributed by atoms with Gasteiger partial charge in [0.2, 0.25) is 5.91 Å². The average molecular weight is 438 g/mol. The van der Waals surface area contributed by atoms with Crippen LogP contribution in [0.25, 0.3) is 0 Å². The van der Waals surface area contributed by atoms with Crippen molar-refractivity contribution in [3.05, 3.63) is 23.3 Å². The van der Waals surface area contributed by atoms with Crippen LogP contribution in [0, 0.1) is 5.41 Å². The second-order valence-electron chi connectivity index (χ2n) is 7.64. The molecule has 2 aliphatic heterocycles. The summed E-state index contributed by atoms with van der Waals surface area (Å²) >= 11 is 1.50. The Hall–Kier alpha value is -1.93. The summed E-state index contributed by atoms with van der Waals surface area (Å²) in [5.74, 6) is 1.55. The molecule has 0 spiro atoms. The van der Waals surface area contributed by atoms with Crippen molar-refractivity contribution in [1.29, 1.82) is 0 Å². The molecule has 1 amide bonds. The molecule has 2 heterocycles. The average Bonchev–Trinajstić information content (AvgIpc) is 3.01. The number of amides is 1. The molecule has 0 aromatic heterocycles. The number of methoxy groups -OCH3 is 3.